The minimum absolute atomic E-state index is 0.247. The number of hydrogen-bond acceptors (Lipinski definition) is 3. The largest absolute Gasteiger partial charge is 0.391 e. The van der Waals surface area contributed by atoms with Gasteiger partial charge in [0.15, 0.2) is 0 Å². The van der Waals surface area contributed by atoms with Crippen LogP contribution in [0.4, 0.5) is 4.39 Å². The van der Waals surface area contributed by atoms with Crippen molar-refractivity contribution < 1.29 is 9.50 Å². The second-order valence-electron chi connectivity index (χ2n) is 2.65. The van der Waals surface area contributed by atoms with E-state index in [1.54, 1.807) is 12.1 Å². The zero-order valence-corrected chi connectivity index (χ0v) is 7.93. The first-order valence-corrected chi connectivity index (χ1v) is 4.97. The first-order valence-electron chi connectivity index (χ1n) is 3.99. The molecular weight excluding hydrogens is 189 g/mol. The van der Waals surface area contributed by atoms with Gasteiger partial charge in [0.25, 0.3) is 0 Å². The molecule has 1 rings (SSSR count). The normalized spacial score (nSPS) is 12.8. The molecule has 1 aromatic rings. The Kier molecular flexibility index (Phi) is 4.21. The third kappa shape index (κ3) is 3.76. The van der Waals surface area contributed by atoms with Crippen molar-refractivity contribution in [3.05, 3.63) is 30.1 Å². The molecule has 0 aliphatic carbocycles. The maximum absolute atomic E-state index is 12.5. The SMILES string of the molecule is NC[C@H](O)CSc1ccc(F)cc1. The maximum atomic E-state index is 12.5. The summed E-state index contributed by atoms with van der Waals surface area (Å²) < 4.78 is 12.5. The Morgan fingerprint density at radius 2 is 2.00 bits per heavy atom. The van der Waals surface area contributed by atoms with Gasteiger partial charge in [0, 0.05) is 17.2 Å². The van der Waals surface area contributed by atoms with E-state index >= 15 is 0 Å². The van der Waals surface area contributed by atoms with E-state index in [9.17, 15) is 4.39 Å². The Hall–Kier alpha value is -0.580. The number of halogens is 1. The second kappa shape index (κ2) is 5.21. The van der Waals surface area contributed by atoms with Crippen LogP contribution in [0.15, 0.2) is 29.2 Å². The highest BCUT2D eigenvalue weighted by Gasteiger charge is 2.01. The maximum Gasteiger partial charge on any atom is 0.123 e. The summed E-state index contributed by atoms with van der Waals surface area (Å²) in [5.41, 5.74) is 5.24. The van der Waals surface area contributed by atoms with Crippen LogP contribution in [0.2, 0.25) is 0 Å². The summed E-state index contributed by atoms with van der Waals surface area (Å²) in [5.74, 6) is 0.297. The molecule has 3 N–H and O–H groups in total. The Bertz CT molecular complexity index is 252. The summed E-state index contributed by atoms with van der Waals surface area (Å²) in [6, 6.07) is 6.17. The topological polar surface area (TPSA) is 46.2 Å². The molecule has 0 unspecified atom stereocenters. The van der Waals surface area contributed by atoms with Gasteiger partial charge >= 0.3 is 0 Å². The van der Waals surface area contributed by atoms with Gasteiger partial charge < -0.3 is 10.8 Å². The molecule has 0 aromatic heterocycles. The molecule has 0 saturated heterocycles. The average molecular weight is 201 g/mol. The lowest BCUT2D eigenvalue weighted by Crippen LogP contribution is -2.21. The van der Waals surface area contributed by atoms with E-state index in [0.717, 1.165) is 4.90 Å². The van der Waals surface area contributed by atoms with Crippen molar-refractivity contribution in [3.8, 4) is 0 Å². The summed E-state index contributed by atoms with van der Waals surface area (Å²) >= 11 is 1.47. The van der Waals surface area contributed by atoms with Gasteiger partial charge in [0.1, 0.15) is 5.82 Å². The third-order valence-electron chi connectivity index (χ3n) is 1.53. The van der Waals surface area contributed by atoms with Crippen LogP contribution in [-0.4, -0.2) is 23.5 Å². The average Bonchev–Trinajstić information content (AvgIpc) is 2.16. The van der Waals surface area contributed by atoms with Gasteiger partial charge in [0.2, 0.25) is 0 Å². The summed E-state index contributed by atoms with van der Waals surface area (Å²) in [7, 11) is 0. The van der Waals surface area contributed by atoms with Gasteiger partial charge in [-0.05, 0) is 24.3 Å². The molecule has 1 atom stereocenters. The van der Waals surface area contributed by atoms with E-state index in [1.807, 2.05) is 0 Å². The van der Waals surface area contributed by atoms with Gasteiger partial charge in [-0.2, -0.15) is 0 Å². The van der Waals surface area contributed by atoms with Crippen LogP contribution in [0.3, 0.4) is 0 Å². The first kappa shape index (κ1) is 10.5. The van der Waals surface area contributed by atoms with E-state index in [4.69, 9.17) is 10.8 Å². The van der Waals surface area contributed by atoms with E-state index in [-0.39, 0.29) is 12.4 Å². The highest BCUT2D eigenvalue weighted by molar-refractivity contribution is 7.99. The Morgan fingerprint density at radius 3 is 2.54 bits per heavy atom. The molecule has 0 radical (unpaired) electrons. The fourth-order valence-electron chi connectivity index (χ4n) is 0.791. The Labute approximate surface area is 80.9 Å². The zero-order chi connectivity index (χ0) is 9.68. The van der Waals surface area contributed by atoms with E-state index in [1.165, 1.54) is 23.9 Å². The molecule has 0 fully saturated rings. The minimum Gasteiger partial charge on any atom is -0.391 e. The highest BCUT2D eigenvalue weighted by Crippen LogP contribution is 2.18. The van der Waals surface area contributed by atoms with E-state index in [0.29, 0.717) is 5.75 Å². The molecule has 13 heavy (non-hydrogen) atoms. The molecule has 2 nitrogen and oxygen atoms in total. The van der Waals surface area contributed by atoms with E-state index < -0.39 is 6.10 Å². The van der Waals surface area contributed by atoms with Crippen LogP contribution in [-0.2, 0) is 0 Å². The van der Waals surface area contributed by atoms with Crippen molar-refractivity contribution in [2.24, 2.45) is 5.73 Å². The third-order valence-corrected chi connectivity index (χ3v) is 2.69. The molecule has 0 spiro atoms. The second-order valence-corrected chi connectivity index (χ2v) is 3.75. The number of benzene rings is 1. The molecule has 1 aromatic carbocycles. The monoisotopic (exact) mass is 201 g/mol. The molecule has 0 aliphatic rings. The van der Waals surface area contributed by atoms with Crippen LogP contribution >= 0.6 is 11.8 Å². The molecule has 0 bridgehead atoms. The number of aliphatic hydroxyl groups is 1. The van der Waals surface area contributed by atoms with Gasteiger partial charge in [-0.3, -0.25) is 0 Å². The summed E-state index contributed by atoms with van der Waals surface area (Å²) in [4.78, 5) is 0.939. The smallest absolute Gasteiger partial charge is 0.123 e. The summed E-state index contributed by atoms with van der Waals surface area (Å²) in [5, 5.41) is 9.15. The Morgan fingerprint density at radius 1 is 1.38 bits per heavy atom. The van der Waals surface area contributed by atoms with Crippen LogP contribution in [0.1, 0.15) is 0 Å². The van der Waals surface area contributed by atoms with Crippen molar-refractivity contribution >= 4 is 11.8 Å². The number of rotatable bonds is 4. The molecule has 4 heteroatoms. The van der Waals surface area contributed by atoms with Crippen molar-refractivity contribution in [2.75, 3.05) is 12.3 Å². The summed E-state index contributed by atoms with van der Waals surface area (Å²) in [6.45, 7) is 0.258. The quantitative estimate of drug-likeness (QED) is 0.720. The van der Waals surface area contributed by atoms with Crippen molar-refractivity contribution in [1.29, 1.82) is 0 Å². The van der Waals surface area contributed by atoms with Gasteiger partial charge in [-0.25, -0.2) is 4.39 Å². The number of thioether (sulfide) groups is 1. The zero-order valence-electron chi connectivity index (χ0n) is 7.11. The van der Waals surface area contributed by atoms with Crippen molar-refractivity contribution in [2.45, 2.75) is 11.0 Å². The van der Waals surface area contributed by atoms with E-state index in [2.05, 4.69) is 0 Å². The standard InChI is InChI=1S/C9H12FNOS/c10-7-1-3-9(4-2-7)13-6-8(12)5-11/h1-4,8,12H,5-6,11H2/t8-/m0/s1. The molecule has 0 aliphatic heterocycles. The minimum atomic E-state index is -0.491. The lowest BCUT2D eigenvalue weighted by Gasteiger charge is -2.06. The predicted molar refractivity (Wildman–Crippen MR) is 52.2 cm³/mol. The van der Waals surface area contributed by atoms with Crippen molar-refractivity contribution in [1.82, 2.24) is 0 Å². The van der Waals surface area contributed by atoms with Crippen molar-refractivity contribution in [3.63, 3.8) is 0 Å². The first-order chi connectivity index (χ1) is 6.22. The van der Waals surface area contributed by atoms with Gasteiger partial charge in [-0.15, -0.1) is 11.8 Å². The van der Waals surface area contributed by atoms with Crippen LogP contribution in [0, 0.1) is 5.82 Å². The molecule has 0 heterocycles. The predicted octanol–water partition coefficient (Wildman–Crippen LogP) is 1.24. The van der Waals surface area contributed by atoms with Gasteiger partial charge in [0.05, 0.1) is 6.10 Å². The lowest BCUT2D eigenvalue weighted by atomic mass is 10.3. The lowest BCUT2D eigenvalue weighted by molar-refractivity contribution is 0.208. The fourth-order valence-corrected chi connectivity index (χ4v) is 1.64. The number of aliphatic hydroxyl groups excluding tert-OH is 1. The molecule has 0 saturated carbocycles. The molecule has 0 amide bonds. The van der Waals surface area contributed by atoms with Gasteiger partial charge in [-0.1, -0.05) is 0 Å². The molecular formula is C9H12FNOS. The van der Waals surface area contributed by atoms with Crippen LogP contribution in [0.5, 0.6) is 0 Å². The number of hydrogen-bond donors (Lipinski definition) is 2. The molecule has 72 valence electrons. The number of nitrogens with two attached hydrogens (primary N) is 1. The van der Waals surface area contributed by atoms with Crippen LogP contribution in [0.25, 0.3) is 0 Å². The summed E-state index contributed by atoms with van der Waals surface area (Å²) in [6.07, 6.45) is -0.491. The fraction of sp³-hybridized carbons (Fsp3) is 0.333. The Balaban J connectivity index is 2.41. The van der Waals surface area contributed by atoms with Crippen LogP contribution < -0.4 is 5.73 Å². The highest BCUT2D eigenvalue weighted by atomic mass is 32.2.